The van der Waals surface area contributed by atoms with Gasteiger partial charge in [-0.3, -0.25) is 24.1 Å². The van der Waals surface area contributed by atoms with Gasteiger partial charge in [-0.2, -0.15) is 0 Å². The maximum absolute atomic E-state index is 14.9. The highest BCUT2D eigenvalue weighted by molar-refractivity contribution is 6.22. The highest BCUT2D eigenvalue weighted by Gasteiger charge is 2.47. The third-order valence-corrected chi connectivity index (χ3v) is 27.0. The van der Waals surface area contributed by atoms with Gasteiger partial charge in [-0.15, -0.1) is 0 Å². The second-order valence-electron chi connectivity index (χ2n) is 35.4. The molecule has 0 bridgehead atoms. The molecule has 10 unspecified atom stereocenters. The first kappa shape index (κ1) is 91.1. The van der Waals surface area contributed by atoms with E-state index in [9.17, 15) is 19.2 Å². The summed E-state index contributed by atoms with van der Waals surface area (Å²) in [7, 11) is 0. The normalized spacial score (nSPS) is 21.4. The summed E-state index contributed by atoms with van der Waals surface area (Å²) in [4.78, 5) is 59.3. The average Bonchev–Trinajstić information content (AvgIpc) is 1.59. The first-order valence-electron chi connectivity index (χ1n) is 46.5. The van der Waals surface area contributed by atoms with Gasteiger partial charge >= 0.3 is 0 Å². The van der Waals surface area contributed by atoms with Crippen molar-refractivity contribution >= 4 is 23.6 Å². The average molecular weight is 1440 g/mol. The minimum absolute atomic E-state index is 0.0914. The Labute approximate surface area is 644 Å². The number of unbranched alkanes of at least 4 members (excludes halogenated alkanes) is 35. The third-order valence-electron chi connectivity index (χ3n) is 27.0. The Balaban J connectivity index is 1.16. The highest BCUT2D eigenvalue weighted by atomic mass is 16.2. The van der Waals surface area contributed by atoms with Gasteiger partial charge in [-0.25, -0.2) is 0 Å². The van der Waals surface area contributed by atoms with E-state index >= 15 is 0 Å². The number of imide groups is 1. The number of allylic oxidation sites excluding steroid dienone is 1. The van der Waals surface area contributed by atoms with Gasteiger partial charge in [0.05, 0.1) is 11.1 Å². The maximum atomic E-state index is 14.9. The summed E-state index contributed by atoms with van der Waals surface area (Å²) in [6.45, 7) is 27.3. The molecule has 4 aliphatic rings. The van der Waals surface area contributed by atoms with E-state index in [0.717, 1.165) is 129 Å². The SMILES string of the molecule is C=CNC(=O)c1cc2c(cc1CCCCCCCCC1C(CCCCCCCC(C)CCC)CCC(CCCCCC)C1CCCCCCCC)C(=O)N(C(C)(CCCC)CCCCCCCC1CCC(CCCCCC)C(CCCCCCCC)C1CCCCCCCCN1C(=C)C=CC1=O)C2=O. The van der Waals surface area contributed by atoms with Gasteiger partial charge in [0.2, 0.25) is 0 Å². The predicted octanol–water partition coefficient (Wildman–Crippen LogP) is 29.9. The zero-order chi connectivity index (χ0) is 74.8. The van der Waals surface area contributed by atoms with Crippen LogP contribution in [0.25, 0.3) is 0 Å². The molecule has 7 heteroatoms. The van der Waals surface area contributed by atoms with E-state index in [-0.39, 0.29) is 23.6 Å². The van der Waals surface area contributed by atoms with Crippen molar-refractivity contribution in [1.29, 1.82) is 0 Å². The first-order valence-corrected chi connectivity index (χ1v) is 46.5. The van der Waals surface area contributed by atoms with Crippen LogP contribution in [0.1, 0.15) is 484 Å². The molecule has 4 amide bonds. The van der Waals surface area contributed by atoms with Gasteiger partial charge < -0.3 is 10.2 Å². The minimum atomic E-state index is -0.587. The molecular weight excluding hydrogens is 1270 g/mol. The quantitative estimate of drug-likeness (QED) is 0.0520. The van der Waals surface area contributed by atoms with E-state index in [4.69, 9.17) is 0 Å². The van der Waals surface area contributed by atoms with E-state index in [1.165, 1.54) is 340 Å². The molecule has 0 radical (unpaired) electrons. The molecule has 596 valence electrons. The summed E-state index contributed by atoms with van der Waals surface area (Å²) in [6, 6.07) is 3.69. The molecular formula is C97H169N3O4. The van der Waals surface area contributed by atoms with Gasteiger partial charge in [0.15, 0.2) is 0 Å². The van der Waals surface area contributed by atoms with Crippen molar-refractivity contribution < 1.29 is 19.2 Å². The Kier molecular flexibility index (Phi) is 48.9. The molecule has 2 aliphatic carbocycles. The number of fused-ring (bicyclic) bond motifs is 1. The van der Waals surface area contributed by atoms with Crippen LogP contribution in [0, 0.1) is 53.3 Å². The van der Waals surface area contributed by atoms with Crippen LogP contribution >= 0.6 is 0 Å². The predicted molar refractivity (Wildman–Crippen MR) is 449 cm³/mol. The summed E-state index contributed by atoms with van der Waals surface area (Å²) < 4.78 is 0. The van der Waals surface area contributed by atoms with Crippen molar-refractivity contribution in [2.24, 2.45) is 53.3 Å². The lowest BCUT2D eigenvalue weighted by atomic mass is 9.61. The second kappa shape index (κ2) is 55.8. The summed E-state index contributed by atoms with van der Waals surface area (Å²) in [5.41, 5.74) is 2.52. The molecule has 0 saturated heterocycles. The van der Waals surface area contributed by atoms with Crippen LogP contribution < -0.4 is 5.32 Å². The van der Waals surface area contributed by atoms with Crippen molar-refractivity contribution in [1.82, 2.24) is 15.1 Å². The van der Waals surface area contributed by atoms with Crippen LogP contribution in [0.3, 0.4) is 0 Å². The maximum Gasteiger partial charge on any atom is 0.262 e. The number of benzene rings is 1. The van der Waals surface area contributed by atoms with Crippen molar-refractivity contribution in [3.05, 3.63) is 71.6 Å². The summed E-state index contributed by atoms with van der Waals surface area (Å²) in [6.07, 6.45) is 86.2. The lowest BCUT2D eigenvalue weighted by Gasteiger charge is -2.44. The van der Waals surface area contributed by atoms with Crippen LogP contribution in [0.5, 0.6) is 0 Å². The second-order valence-corrected chi connectivity index (χ2v) is 35.4. The van der Waals surface area contributed by atoms with Gasteiger partial charge in [-0.1, -0.05) is 376 Å². The minimum Gasteiger partial charge on any atom is -0.329 e. The van der Waals surface area contributed by atoms with Gasteiger partial charge in [0, 0.05) is 29.4 Å². The number of hydrogen-bond donors (Lipinski definition) is 1. The largest absolute Gasteiger partial charge is 0.329 e. The van der Waals surface area contributed by atoms with Crippen molar-refractivity contribution in [3.63, 3.8) is 0 Å². The monoisotopic (exact) mass is 1440 g/mol. The molecule has 104 heavy (non-hydrogen) atoms. The zero-order valence-corrected chi connectivity index (χ0v) is 70.1. The number of carbonyl (C=O) groups is 4. The van der Waals surface area contributed by atoms with E-state index in [1.807, 2.05) is 17.0 Å². The fourth-order valence-corrected chi connectivity index (χ4v) is 20.7. The van der Waals surface area contributed by atoms with Crippen LogP contribution in [-0.4, -0.2) is 45.5 Å². The van der Waals surface area contributed by atoms with E-state index in [0.29, 0.717) is 23.1 Å². The molecule has 10 atom stereocenters. The number of aryl methyl sites for hydroxylation is 1. The van der Waals surface area contributed by atoms with Gasteiger partial charge in [0.25, 0.3) is 23.6 Å². The number of nitrogens with one attached hydrogen (secondary N) is 1. The Bertz CT molecular complexity index is 2480. The smallest absolute Gasteiger partial charge is 0.262 e. The number of rotatable bonds is 66. The van der Waals surface area contributed by atoms with E-state index in [2.05, 4.69) is 73.9 Å². The Morgan fingerprint density at radius 3 is 1.20 bits per heavy atom. The molecule has 2 heterocycles. The topological polar surface area (TPSA) is 86.8 Å². The van der Waals surface area contributed by atoms with E-state index in [1.54, 1.807) is 17.0 Å². The van der Waals surface area contributed by atoms with Crippen molar-refractivity contribution in [3.8, 4) is 0 Å². The lowest BCUT2D eigenvalue weighted by molar-refractivity contribution is -0.123. The summed E-state index contributed by atoms with van der Waals surface area (Å²) in [5.74, 6) is 7.51. The van der Waals surface area contributed by atoms with Gasteiger partial charge in [-0.05, 0) is 174 Å². The van der Waals surface area contributed by atoms with E-state index < -0.39 is 5.54 Å². The molecule has 1 aromatic rings. The lowest BCUT2D eigenvalue weighted by Crippen LogP contribution is -2.49. The first-order chi connectivity index (χ1) is 50.8. The van der Waals surface area contributed by atoms with Crippen molar-refractivity contribution in [2.75, 3.05) is 6.54 Å². The van der Waals surface area contributed by atoms with Gasteiger partial charge in [0.1, 0.15) is 0 Å². The highest BCUT2D eigenvalue weighted by Crippen LogP contribution is 2.50. The summed E-state index contributed by atoms with van der Waals surface area (Å²) in [5, 5.41) is 2.84. The fraction of sp³-hybridized carbons (Fsp3) is 0.835. The molecule has 7 nitrogen and oxygen atoms in total. The molecule has 0 aromatic heterocycles. The van der Waals surface area contributed by atoms with Crippen LogP contribution in [0.4, 0.5) is 0 Å². The number of amides is 4. The molecule has 0 spiro atoms. The number of carbonyl (C=O) groups excluding carboxylic acids is 4. The fourth-order valence-electron chi connectivity index (χ4n) is 20.7. The van der Waals surface area contributed by atoms with Crippen LogP contribution in [0.15, 0.2) is 49.3 Å². The Hall–Kier alpha value is -3.48. The molecule has 2 saturated carbocycles. The third kappa shape index (κ3) is 33.4. The Morgan fingerprint density at radius 2 is 0.798 bits per heavy atom. The molecule has 2 aliphatic heterocycles. The number of nitrogens with zero attached hydrogens (tertiary/aromatic N) is 2. The number of hydrogen-bond acceptors (Lipinski definition) is 4. The van der Waals surface area contributed by atoms with Crippen molar-refractivity contribution in [2.45, 2.75) is 459 Å². The standard InChI is InChI=1S/C97H169N3O4/c1-11-18-23-27-39-51-64-86-81(59-46-25-20-13-3)69-71-83(61-48-37-33-35-45-58-79(8)57-16-6)88(86)66-53-41-30-29-36-50-63-85-77-91-92(78-90(85)94(102)98-17-7)96(104)100(95(91)103)97(10,74-22-15-5)75-55-43-34-38-49-62-84-72-70-82(60-47-26-21-14-4)87(65-52-40-28-24-19-12-2)89(84)67-54-42-31-32-44-56-76-99-80(9)68-73-93(99)101/h17,68,73,77-79,81-84,86-89H,7,9,11-16,18-67,69-72,74-76H2,1-6,8,10H3,(H,98,102). The molecule has 1 aromatic carbocycles. The molecule has 2 fully saturated rings. The summed E-state index contributed by atoms with van der Waals surface area (Å²) >= 11 is 0. The van der Waals surface area contributed by atoms with Crippen LogP contribution in [0.2, 0.25) is 0 Å². The van der Waals surface area contributed by atoms with Crippen LogP contribution in [-0.2, 0) is 11.2 Å². The zero-order valence-electron chi connectivity index (χ0n) is 70.1. The Morgan fingerprint density at radius 1 is 0.442 bits per heavy atom. The molecule has 1 N–H and O–H groups in total. The molecule has 5 rings (SSSR count).